The highest BCUT2D eigenvalue weighted by atomic mass is 79.9. The monoisotopic (exact) mass is 385 g/mol. The lowest BCUT2D eigenvalue weighted by Crippen LogP contribution is -2.18. The molecule has 0 spiro atoms. The zero-order chi connectivity index (χ0) is 16.3. The number of rotatable bonds is 5. The third-order valence-corrected chi connectivity index (χ3v) is 5.32. The van der Waals surface area contributed by atoms with Crippen molar-refractivity contribution >= 4 is 25.8 Å². The normalized spacial score (nSPS) is 13.1. The molecule has 1 unspecified atom stereocenters. The first-order valence-electron chi connectivity index (χ1n) is 6.74. The average molecular weight is 386 g/mol. The van der Waals surface area contributed by atoms with Crippen molar-refractivity contribution in [3.8, 4) is 0 Å². The van der Waals surface area contributed by atoms with E-state index < -0.39 is 9.84 Å². The van der Waals surface area contributed by atoms with Crippen LogP contribution in [0.3, 0.4) is 0 Å². The molecule has 0 fully saturated rings. The Labute approximate surface area is 138 Å². The van der Waals surface area contributed by atoms with E-state index in [0.29, 0.717) is 11.4 Å². The summed E-state index contributed by atoms with van der Waals surface area (Å²) in [4.78, 5) is 0.302. The number of hydrogen-bond donors (Lipinski definition) is 1. The Kier molecular flexibility index (Phi) is 5.36. The SMILES string of the molecule is CC(NCc1cc(F)ccc1Br)c1ccc(S(C)(=O)=O)cc1. The summed E-state index contributed by atoms with van der Waals surface area (Å²) in [5.41, 5.74) is 1.81. The highest BCUT2D eigenvalue weighted by molar-refractivity contribution is 9.10. The van der Waals surface area contributed by atoms with E-state index in [1.807, 2.05) is 6.92 Å². The maximum absolute atomic E-state index is 13.2. The number of sulfone groups is 1. The van der Waals surface area contributed by atoms with Gasteiger partial charge in [-0.15, -0.1) is 0 Å². The van der Waals surface area contributed by atoms with Gasteiger partial charge in [-0.3, -0.25) is 0 Å². The van der Waals surface area contributed by atoms with Crippen molar-refractivity contribution in [1.29, 1.82) is 0 Å². The largest absolute Gasteiger partial charge is 0.306 e. The standard InChI is InChI=1S/C16H17BrFNO2S/c1-11(12-3-6-15(7-4-12)22(2,20)21)19-10-13-9-14(18)5-8-16(13)17/h3-9,11,19H,10H2,1-2H3. The van der Waals surface area contributed by atoms with Crippen LogP contribution in [0.4, 0.5) is 4.39 Å². The van der Waals surface area contributed by atoms with E-state index in [1.54, 1.807) is 30.3 Å². The lowest BCUT2D eigenvalue weighted by molar-refractivity contribution is 0.567. The van der Waals surface area contributed by atoms with E-state index in [2.05, 4.69) is 21.2 Å². The zero-order valence-electron chi connectivity index (χ0n) is 12.3. The summed E-state index contributed by atoms with van der Waals surface area (Å²) in [5, 5.41) is 3.30. The van der Waals surface area contributed by atoms with E-state index in [-0.39, 0.29) is 11.9 Å². The predicted octanol–water partition coefficient (Wildman–Crippen LogP) is 3.84. The van der Waals surface area contributed by atoms with Gasteiger partial charge >= 0.3 is 0 Å². The molecule has 1 N–H and O–H groups in total. The van der Waals surface area contributed by atoms with Gasteiger partial charge in [0.25, 0.3) is 0 Å². The van der Waals surface area contributed by atoms with Crippen LogP contribution in [0.1, 0.15) is 24.1 Å². The van der Waals surface area contributed by atoms with Crippen LogP contribution in [0.5, 0.6) is 0 Å². The highest BCUT2D eigenvalue weighted by Crippen LogP contribution is 2.20. The van der Waals surface area contributed by atoms with Crippen LogP contribution in [0.15, 0.2) is 51.8 Å². The molecule has 0 radical (unpaired) electrons. The number of halogens is 2. The molecule has 118 valence electrons. The molecule has 2 rings (SSSR count). The molecule has 0 amide bonds. The van der Waals surface area contributed by atoms with Crippen molar-refractivity contribution in [3.05, 3.63) is 63.9 Å². The predicted molar refractivity (Wildman–Crippen MR) is 88.9 cm³/mol. The van der Waals surface area contributed by atoms with Crippen molar-refractivity contribution in [2.45, 2.75) is 24.4 Å². The van der Waals surface area contributed by atoms with Crippen LogP contribution in [0, 0.1) is 5.82 Å². The molecule has 2 aromatic carbocycles. The van der Waals surface area contributed by atoms with Crippen LogP contribution in [-0.2, 0) is 16.4 Å². The van der Waals surface area contributed by atoms with E-state index in [0.717, 1.165) is 15.6 Å². The maximum atomic E-state index is 13.2. The molecule has 0 aliphatic heterocycles. The number of hydrogen-bond acceptors (Lipinski definition) is 3. The molecule has 0 aliphatic rings. The zero-order valence-corrected chi connectivity index (χ0v) is 14.7. The third-order valence-electron chi connectivity index (χ3n) is 3.41. The quantitative estimate of drug-likeness (QED) is 0.850. The van der Waals surface area contributed by atoms with E-state index >= 15 is 0 Å². The van der Waals surface area contributed by atoms with Gasteiger partial charge in [0.15, 0.2) is 9.84 Å². The third kappa shape index (κ3) is 4.38. The smallest absolute Gasteiger partial charge is 0.175 e. The van der Waals surface area contributed by atoms with Gasteiger partial charge in [-0.2, -0.15) is 0 Å². The first-order valence-corrected chi connectivity index (χ1v) is 9.43. The van der Waals surface area contributed by atoms with Gasteiger partial charge in [-0.05, 0) is 48.4 Å². The van der Waals surface area contributed by atoms with Crippen molar-refractivity contribution in [2.75, 3.05) is 6.26 Å². The summed E-state index contributed by atoms with van der Waals surface area (Å²) in [6, 6.07) is 11.4. The van der Waals surface area contributed by atoms with Gasteiger partial charge in [0, 0.05) is 23.3 Å². The van der Waals surface area contributed by atoms with Crippen molar-refractivity contribution in [2.24, 2.45) is 0 Å². The maximum Gasteiger partial charge on any atom is 0.175 e. The molecule has 22 heavy (non-hydrogen) atoms. The molecule has 0 aliphatic carbocycles. The summed E-state index contributed by atoms with van der Waals surface area (Å²) in [7, 11) is -3.18. The molecule has 3 nitrogen and oxygen atoms in total. The van der Waals surface area contributed by atoms with Crippen molar-refractivity contribution < 1.29 is 12.8 Å². The summed E-state index contributed by atoms with van der Waals surface area (Å²) >= 11 is 3.39. The number of benzene rings is 2. The van der Waals surface area contributed by atoms with E-state index in [4.69, 9.17) is 0 Å². The van der Waals surface area contributed by atoms with E-state index in [9.17, 15) is 12.8 Å². The lowest BCUT2D eigenvalue weighted by Gasteiger charge is -2.15. The van der Waals surface area contributed by atoms with Crippen LogP contribution < -0.4 is 5.32 Å². The fourth-order valence-corrected chi connectivity index (χ4v) is 3.08. The van der Waals surface area contributed by atoms with Crippen molar-refractivity contribution in [3.63, 3.8) is 0 Å². The van der Waals surface area contributed by atoms with Crippen LogP contribution in [0.2, 0.25) is 0 Å². The minimum Gasteiger partial charge on any atom is -0.306 e. The summed E-state index contributed by atoms with van der Waals surface area (Å²) in [6.45, 7) is 2.48. The minimum atomic E-state index is -3.18. The molecular weight excluding hydrogens is 369 g/mol. The summed E-state index contributed by atoms with van der Waals surface area (Å²) in [5.74, 6) is -0.273. The second-order valence-corrected chi connectivity index (χ2v) is 8.05. The Morgan fingerprint density at radius 3 is 2.41 bits per heavy atom. The first-order chi connectivity index (χ1) is 10.3. The fourth-order valence-electron chi connectivity index (χ4n) is 2.06. The van der Waals surface area contributed by atoms with Gasteiger partial charge in [0.2, 0.25) is 0 Å². The Morgan fingerprint density at radius 1 is 1.18 bits per heavy atom. The second kappa shape index (κ2) is 6.89. The van der Waals surface area contributed by atoms with Gasteiger partial charge in [0.1, 0.15) is 5.82 Å². The second-order valence-electron chi connectivity index (χ2n) is 5.18. The molecule has 0 heterocycles. The molecule has 6 heteroatoms. The average Bonchev–Trinajstić information content (AvgIpc) is 2.47. The molecule has 0 saturated carbocycles. The Morgan fingerprint density at radius 2 is 1.82 bits per heavy atom. The topological polar surface area (TPSA) is 46.2 Å². The molecule has 2 aromatic rings. The molecule has 0 aromatic heterocycles. The van der Waals surface area contributed by atoms with Crippen LogP contribution in [0.25, 0.3) is 0 Å². The minimum absolute atomic E-state index is 0.0174. The van der Waals surface area contributed by atoms with Gasteiger partial charge in [0.05, 0.1) is 4.90 Å². The fraction of sp³-hybridized carbons (Fsp3) is 0.250. The van der Waals surface area contributed by atoms with E-state index in [1.165, 1.54) is 18.4 Å². The highest BCUT2D eigenvalue weighted by Gasteiger charge is 2.10. The van der Waals surface area contributed by atoms with Gasteiger partial charge in [-0.1, -0.05) is 28.1 Å². The van der Waals surface area contributed by atoms with Gasteiger partial charge in [-0.25, -0.2) is 12.8 Å². The Hall–Kier alpha value is -1.24. The Bertz CT molecular complexity index is 760. The number of nitrogens with one attached hydrogen (secondary N) is 1. The van der Waals surface area contributed by atoms with Gasteiger partial charge < -0.3 is 5.32 Å². The molecular formula is C16H17BrFNO2S. The Balaban J connectivity index is 2.06. The first kappa shape index (κ1) is 17.1. The molecule has 0 bridgehead atoms. The summed E-state index contributed by atoms with van der Waals surface area (Å²) in [6.07, 6.45) is 1.19. The molecule has 1 atom stereocenters. The van der Waals surface area contributed by atoms with Crippen LogP contribution in [-0.4, -0.2) is 14.7 Å². The summed E-state index contributed by atoms with van der Waals surface area (Å²) < 4.78 is 37.0. The van der Waals surface area contributed by atoms with Crippen molar-refractivity contribution in [1.82, 2.24) is 5.32 Å². The lowest BCUT2D eigenvalue weighted by atomic mass is 10.1. The van der Waals surface area contributed by atoms with Crippen LogP contribution >= 0.6 is 15.9 Å². The molecule has 0 saturated heterocycles.